The lowest BCUT2D eigenvalue weighted by atomic mass is 10.1. The molecule has 0 atom stereocenters. The summed E-state index contributed by atoms with van der Waals surface area (Å²) >= 11 is 0. The van der Waals surface area contributed by atoms with Gasteiger partial charge in [0.25, 0.3) is 0 Å². The van der Waals surface area contributed by atoms with Gasteiger partial charge in [-0.2, -0.15) is 10.2 Å². The van der Waals surface area contributed by atoms with Gasteiger partial charge in [0.1, 0.15) is 0 Å². The minimum atomic E-state index is -0.0203. The number of pyridine rings is 1. The molecule has 3 heterocycles. The summed E-state index contributed by atoms with van der Waals surface area (Å²) in [5.41, 5.74) is 5.75. The van der Waals surface area contributed by atoms with Gasteiger partial charge in [0.15, 0.2) is 5.65 Å². The first-order valence-electron chi connectivity index (χ1n) is 9.38. The molecule has 0 radical (unpaired) electrons. The number of anilines is 1. The summed E-state index contributed by atoms with van der Waals surface area (Å²) in [5, 5.41) is 12.9. The summed E-state index contributed by atoms with van der Waals surface area (Å²) in [7, 11) is 1.87. The highest BCUT2D eigenvalue weighted by atomic mass is 16.1. The molecule has 0 saturated carbocycles. The number of hydrogen-bond acceptors (Lipinski definition) is 4. The zero-order chi connectivity index (χ0) is 19.7. The van der Waals surface area contributed by atoms with Crippen LogP contribution in [0.2, 0.25) is 0 Å². The van der Waals surface area contributed by atoms with Gasteiger partial charge < -0.3 is 5.32 Å². The first-order chi connectivity index (χ1) is 12.8. The fourth-order valence-electron chi connectivity index (χ4n) is 3.46. The largest absolute Gasteiger partial charge is 0.325 e. The summed E-state index contributed by atoms with van der Waals surface area (Å²) < 4.78 is 3.80. The fraction of sp³-hybridized carbons (Fsp3) is 0.500. The Balaban J connectivity index is 1.67. The van der Waals surface area contributed by atoms with E-state index in [1.807, 2.05) is 27.0 Å². The van der Waals surface area contributed by atoms with Crippen LogP contribution in [0.25, 0.3) is 11.0 Å². The van der Waals surface area contributed by atoms with Gasteiger partial charge in [0, 0.05) is 31.1 Å². The molecule has 0 aliphatic heterocycles. The minimum Gasteiger partial charge on any atom is -0.325 e. The van der Waals surface area contributed by atoms with Gasteiger partial charge in [0.2, 0.25) is 5.91 Å². The molecule has 0 aromatic carbocycles. The van der Waals surface area contributed by atoms with Crippen LogP contribution < -0.4 is 5.32 Å². The Kier molecular flexibility index (Phi) is 5.30. The molecule has 7 heteroatoms. The number of nitrogens with one attached hydrogen (secondary N) is 1. The Bertz CT molecular complexity index is 982. The van der Waals surface area contributed by atoms with Crippen molar-refractivity contribution < 1.29 is 4.79 Å². The second kappa shape index (κ2) is 7.50. The second-order valence-electron chi connectivity index (χ2n) is 7.58. The molecule has 0 aliphatic carbocycles. The number of rotatable bonds is 6. The van der Waals surface area contributed by atoms with Crippen LogP contribution in [0.3, 0.4) is 0 Å². The standard InChI is InChI=1S/C20H28N6O/c1-12(2)11-26-15(5)17(13(3)24-26)7-8-19(27)22-16-9-18-14(4)23-25(6)20(18)21-10-16/h9-10,12H,7-8,11H2,1-6H3,(H,22,27). The maximum absolute atomic E-state index is 12.4. The van der Waals surface area contributed by atoms with Crippen molar-refractivity contribution in [1.29, 1.82) is 0 Å². The maximum atomic E-state index is 12.4. The predicted molar refractivity (Wildman–Crippen MR) is 107 cm³/mol. The lowest BCUT2D eigenvalue weighted by molar-refractivity contribution is -0.116. The van der Waals surface area contributed by atoms with Gasteiger partial charge in [-0.15, -0.1) is 0 Å². The molecule has 0 spiro atoms. The smallest absolute Gasteiger partial charge is 0.224 e. The van der Waals surface area contributed by atoms with E-state index < -0.39 is 0 Å². The van der Waals surface area contributed by atoms with Crippen molar-refractivity contribution >= 4 is 22.6 Å². The highest BCUT2D eigenvalue weighted by molar-refractivity contribution is 5.93. The predicted octanol–water partition coefficient (Wildman–Crippen LogP) is 3.32. The van der Waals surface area contributed by atoms with Crippen LogP contribution in [0.15, 0.2) is 12.3 Å². The zero-order valence-electron chi connectivity index (χ0n) is 17.0. The van der Waals surface area contributed by atoms with Crippen molar-refractivity contribution in [2.24, 2.45) is 13.0 Å². The minimum absolute atomic E-state index is 0.0203. The molecule has 3 aromatic rings. The number of amides is 1. The molecule has 3 rings (SSSR count). The molecule has 27 heavy (non-hydrogen) atoms. The topological polar surface area (TPSA) is 77.6 Å². The van der Waals surface area contributed by atoms with E-state index in [9.17, 15) is 4.79 Å². The van der Waals surface area contributed by atoms with E-state index in [0.29, 0.717) is 24.4 Å². The number of nitrogens with zero attached hydrogens (tertiary/aromatic N) is 5. The molecule has 7 nitrogen and oxygen atoms in total. The van der Waals surface area contributed by atoms with Crippen molar-refractivity contribution in [1.82, 2.24) is 24.5 Å². The van der Waals surface area contributed by atoms with E-state index in [-0.39, 0.29) is 5.91 Å². The molecule has 0 saturated heterocycles. The maximum Gasteiger partial charge on any atom is 0.224 e. The molecule has 144 valence electrons. The molecule has 3 aromatic heterocycles. The number of aryl methyl sites for hydroxylation is 3. The summed E-state index contributed by atoms with van der Waals surface area (Å²) in [5.74, 6) is 0.519. The SMILES string of the molecule is Cc1nn(CC(C)C)c(C)c1CCC(=O)Nc1cnc2c(c1)c(C)nn2C. The van der Waals surface area contributed by atoms with Crippen molar-refractivity contribution in [3.05, 3.63) is 34.9 Å². The Hall–Kier alpha value is -2.70. The first-order valence-corrected chi connectivity index (χ1v) is 9.38. The molecule has 1 N–H and O–H groups in total. The quantitative estimate of drug-likeness (QED) is 0.724. The lowest BCUT2D eigenvalue weighted by Crippen LogP contribution is -2.13. The van der Waals surface area contributed by atoms with Crippen LogP contribution in [0.4, 0.5) is 5.69 Å². The van der Waals surface area contributed by atoms with Crippen LogP contribution in [-0.2, 0) is 24.8 Å². The van der Waals surface area contributed by atoms with Crippen LogP contribution >= 0.6 is 0 Å². The number of carbonyl (C=O) groups excluding carboxylic acids is 1. The molecular weight excluding hydrogens is 340 g/mol. The monoisotopic (exact) mass is 368 g/mol. The van der Waals surface area contributed by atoms with E-state index in [1.165, 1.54) is 5.56 Å². The summed E-state index contributed by atoms with van der Waals surface area (Å²) in [6.07, 6.45) is 2.78. The van der Waals surface area contributed by atoms with Crippen molar-refractivity contribution in [3.63, 3.8) is 0 Å². The van der Waals surface area contributed by atoms with Crippen molar-refractivity contribution in [2.75, 3.05) is 5.32 Å². The Morgan fingerprint density at radius 2 is 1.93 bits per heavy atom. The zero-order valence-corrected chi connectivity index (χ0v) is 17.0. The van der Waals surface area contributed by atoms with E-state index in [1.54, 1.807) is 10.9 Å². The summed E-state index contributed by atoms with van der Waals surface area (Å²) in [6, 6.07) is 1.93. The van der Waals surface area contributed by atoms with Gasteiger partial charge in [0.05, 0.1) is 23.3 Å². The van der Waals surface area contributed by atoms with Crippen molar-refractivity contribution in [2.45, 2.75) is 54.0 Å². The molecule has 0 bridgehead atoms. The van der Waals surface area contributed by atoms with Gasteiger partial charge in [-0.3, -0.25) is 14.2 Å². The number of aromatic nitrogens is 5. The summed E-state index contributed by atoms with van der Waals surface area (Å²) in [4.78, 5) is 16.8. The van der Waals surface area contributed by atoms with Gasteiger partial charge >= 0.3 is 0 Å². The summed E-state index contributed by atoms with van der Waals surface area (Å²) in [6.45, 7) is 11.3. The molecule has 0 aliphatic rings. The molecule has 0 fully saturated rings. The fourth-order valence-corrected chi connectivity index (χ4v) is 3.46. The van der Waals surface area contributed by atoms with E-state index >= 15 is 0 Å². The number of carbonyl (C=O) groups is 1. The number of hydrogen-bond donors (Lipinski definition) is 1. The van der Waals surface area contributed by atoms with Crippen molar-refractivity contribution in [3.8, 4) is 0 Å². The Labute approximate surface area is 159 Å². The van der Waals surface area contributed by atoms with Crippen LogP contribution in [0.5, 0.6) is 0 Å². The van der Waals surface area contributed by atoms with E-state index in [4.69, 9.17) is 0 Å². The second-order valence-corrected chi connectivity index (χ2v) is 7.58. The molecular formula is C20H28N6O. The lowest BCUT2D eigenvalue weighted by Gasteiger charge is -2.08. The third-order valence-electron chi connectivity index (χ3n) is 4.82. The highest BCUT2D eigenvalue weighted by Crippen LogP contribution is 2.20. The Morgan fingerprint density at radius 3 is 2.63 bits per heavy atom. The van der Waals surface area contributed by atoms with E-state index in [2.05, 4.69) is 46.0 Å². The van der Waals surface area contributed by atoms with Gasteiger partial charge in [-0.1, -0.05) is 13.8 Å². The highest BCUT2D eigenvalue weighted by Gasteiger charge is 2.14. The third-order valence-corrected chi connectivity index (χ3v) is 4.82. The normalized spacial score (nSPS) is 11.5. The molecule has 1 amide bonds. The average Bonchev–Trinajstić information content (AvgIpc) is 3.01. The van der Waals surface area contributed by atoms with Crippen LogP contribution in [-0.4, -0.2) is 30.5 Å². The van der Waals surface area contributed by atoms with Gasteiger partial charge in [-0.25, -0.2) is 4.98 Å². The van der Waals surface area contributed by atoms with Crippen LogP contribution in [0.1, 0.15) is 42.9 Å². The number of fused-ring (bicyclic) bond motifs is 1. The average molecular weight is 368 g/mol. The molecule has 0 unspecified atom stereocenters. The van der Waals surface area contributed by atoms with Gasteiger partial charge in [-0.05, 0) is 44.7 Å². The first kappa shape index (κ1) is 19.1. The Morgan fingerprint density at radius 1 is 1.19 bits per heavy atom. The van der Waals surface area contributed by atoms with Crippen LogP contribution in [0, 0.1) is 26.7 Å². The van der Waals surface area contributed by atoms with E-state index in [0.717, 1.165) is 34.7 Å². The third kappa shape index (κ3) is 4.02.